The molecule has 0 aliphatic heterocycles. The van der Waals surface area contributed by atoms with E-state index >= 15 is 0 Å². The Morgan fingerprint density at radius 2 is 2.19 bits per heavy atom. The van der Waals surface area contributed by atoms with Crippen LogP contribution in [0.15, 0.2) is 0 Å². The number of rotatable bonds is 4. The lowest BCUT2D eigenvalue weighted by Gasteiger charge is -1.98. The van der Waals surface area contributed by atoms with Gasteiger partial charge in [0.2, 0.25) is 15.0 Å². The van der Waals surface area contributed by atoms with E-state index in [9.17, 15) is 8.42 Å². The minimum absolute atomic E-state index is 0.349. The van der Waals surface area contributed by atoms with Gasteiger partial charge in [0.1, 0.15) is 5.01 Å². The summed E-state index contributed by atoms with van der Waals surface area (Å²) in [6.45, 7) is 2.17. The molecule has 0 spiro atoms. The molecule has 88 valence electrons. The second-order valence-corrected chi connectivity index (χ2v) is 6.23. The Hall–Kier alpha value is -1.06. The van der Waals surface area contributed by atoms with Gasteiger partial charge in [-0.05, 0) is 6.92 Å². The lowest BCUT2D eigenvalue weighted by Crippen LogP contribution is -2.24. The van der Waals surface area contributed by atoms with Gasteiger partial charge in [-0.3, -0.25) is 0 Å². The first-order chi connectivity index (χ1) is 7.46. The highest BCUT2D eigenvalue weighted by molar-refractivity contribution is 7.88. The van der Waals surface area contributed by atoms with E-state index in [4.69, 9.17) is 0 Å². The third kappa shape index (κ3) is 2.54. The van der Waals surface area contributed by atoms with Crippen LogP contribution in [0.1, 0.15) is 10.8 Å². The molecular formula is C7H11N5O2S2. The smallest absolute Gasteiger partial charge is 0.215 e. The maximum Gasteiger partial charge on any atom is 0.234 e. The van der Waals surface area contributed by atoms with E-state index in [2.05, 4.69) is 20.0 Å². The van der Waals surface area contributed by atoms with Gasteiger partial charge in [0.15, 0.2) is 5.82 Å². The van der Waals surface area contributed by atoms with Gasteiger partial charge in [-0.1, -0.05) is 11.3 Å². The van der Waals surface area contributed by atoms with Crippen LogP contribution in [-0.2, 0) is 16.4 Å². The van der Waals surface area contributed by atoms with E-state index in [1.54, 1.807) is 4.52 Å². The number of sulfonamides is 1. The first-order valence-corrected chi connectivity index (χ1v) is 7.29. The predicted molar refractivity (Wildman–Crippen MR) is 59.9 cm³/mol. The Labute approximate surface area is 96.6 Å². The monoisotopic (exact) mass is 261 g/mol. The van der Waals surface area contributed by atoms with Gasteiger partial charge < -0.3 is 0 Å². The molecule has 9 heteroatoms. The third-order valence-electron chi connectivity index (χ3n) is 1.89. The molecule has 2 heterocycles. The Morgan fingerprint density at radius 1 is 1.44 bits per heavy atom. The summed E-state index contributed by atoms with van der Waals surface area (Å²) >= 11 is 1.41. The van der Waals surface area contributed by atoms with Crippen molar-refractivity contribution in [2.24, 2.45) is 0 Å². The molecular weight excluding hydrogens is 250 g/mol. The predicted octanol–water partition coefficient (Wildman–Crippen LogP) is -0.414. The standard InChI is InChI=1S/C7H11N5O2S2/c1-5-9-10-7-12(5)11-6(15-7)3-4-8-16(2,13)14/h8H,3-4H2,1-2H3. The first kappa shape index (κ1) is 11.4. The van der Waals surface area contributed by atoms with Crippen molar-refractivity contribution in [3.8, 4) is 0 Å². The van der Waals surface area contributed by atoms with Gasteiger partial charge >= 0.3 is 0 Å². The van der Waals surface area contributed by atoms with Gasteiger partial charge in [-0.2, -0.15) is 9.61 Å². The van der Waals surface area contributed by atoms with Crippen molar-refractivity contribution in [1.29, 1.82) is 0 Å². The number of nitrogens with one attached hydrogen (secondary N) is 1. The fourth-order valence-electron chi connectivity index (χ4n) is 1.20. The maximum atomic E-state index is 10.8. The Morgan fingerprint density at radius 3 is 2.81 bits per heavy atom. The minimum Gasteiger partial charge on any atom is -0.215 e. The molecule has 1 N–H and O–H groups in total. The molecule has 0 aromatic carbocycles. The van der Waals surface area contributed by atoms with Crippen LogP contribution in [0.25, 0.3) is 4.96 Å². The molecule has 0 aliphatic rings. The zero-order chi connectivity index (χ0) is 11.8. The summed E-state index contributed by atoms with van der Waals surface area (Å²) in [6.07, 6.45) is 1.69. The summed E-state index contributed by atoms with van der Waals surface area (Å²) in [5.74, 6) is 0.730. The maximum absolute atomic E-state index is 10.8. The molecule has 7 nitrogen and oxygen atoms in total. The Kier molecular flexibility index (Phi) is 2.91. The molecule has 16 heavy (non-hydrogen) atoms. The number of hydrogen-bond donors (Lipinski definition) is 1. The van der Waals surface area contributed by atoms with Crippen molar-refractivity contribution >= 4 is 26.3 Å². The topological polar surface area (TPSA) is 89.2 Å². The van der Waals surface area contributed by atoms with E-state index < -0.39 is 10.0 Å². The minimum atomic E-state index is -3.13. The van der Waals surface area contributed by atoms with Crippen molar-refractivity contribution in [3.63, 3.8) is 0 Å². The number of hydrogen-bond acceptors (Lipinski definition) is 6. The summed E-state index contributed by atoms with van der Waals surface area (Å²) < 4.78 is 25.8. The highest BCUT2D eigenvalue weighted by Crippen LogP contribution is 2.13. The van der Waals surface area contributed by atoms with Crippen LogP contribution in [0.5, 0.6) is 0 Å². The van der Waals surface area contributed by atoms with Crippen LogP contribution in [0.4, 0.5) is 0 Å². The van der Waals surface area contributed by atoms with Gasteiger partial charge in [0.25, 0.3) is 0 Å². The summed E-state index contributed by atoms with van der Waals surface area (Å²) in [6, 6.07) is 0. The van der Waals surface area contributed by atoms with E-state index in [0.717, 1.165) is 22.0 Å². The summed E-state index contributed by atoms with van der Waals surface area (Å²) in [4.78, 5) is 0.729. The third-order valence-corrected chi connectivity index (χ3v) is 3.58. The Bertz CT molecular complexity index is 599. The average molecular weight is 261 g/mol. The van der Waals surface area contributed by atoms with Crippen molar-refractivity contribution in [2.75, 3.05) is 12.8 Å². The zero-order valence-electron chi connectivity index (χ0n) is 8.84. The SMILES string of the molecule is Cc1nnc2sc(CCNS(C)(=O)=O)nn12. The Balaban J connectivity index is 2.05. The highest BCUT2D eigenvalue weighted by Gasteiger charge is 2.08. The lowest BCUT2D eigenvalue weighted by molar-refractivity contribution is 0.587. The summed E-state index contributed by atoms with van der Waals surface area (Å²) in [5.41, 5.74) is 0. The number of fused-ring (bicyclic) bond motifs is 1. The number of aromatic nitrogens is 4. The quantitative estimate of drug-likeness (QED) is 0.808. The molecule has 0 radical (unpaired) electrons. The lowest BCUT2D eigenvalue weighted by atomic mass is 10.5. The first-order valence-electron chi connectivity index (χ1n) is 4.58. The molecule has 2 aromatic heterocycles. The van der Waals surface area contributed by atoms with Crippen molar-refractivity contribution < 1.29 is 8.42 Å². The van der Waals surface area contributed by atoms with Gasteiger partial charge in [-0.25, -0.2) is 13.1 Å². The largest absolute Gasteiger partial charge is 0.234 e. The number of aryl methyl sites for hydroxylation is 1. The van der Waals surface area contributed by atoms with Crippen molar-refractivity contribution in [2.45, 2.75) is 13.3 Å². The van der Waals surface area contributed by atoms with Gasteiger partial charge in [0.05, 0.1) is 6.26 Å². The van der Waals surface area contributed by atoms with E-state index in [1.165, 1.54) is 11.3 Å². The molecule has 0 bridgehead atoms. The fraction of sp³-hybridized carbons (Fsp3) is 0.571. The molecule has 0 atom stereocenters. The molecule has 0 saturated carbocycles. The van der Waals surface area contributed by atoms with Crippen LogP contribution < -0.4 is 4.72 Å². The molecule has 0 saturated heterocycles. The van der Waals surface area contributed by atoms with Crippen LogP contribution in [-0.4, -0.2) is 41.0 Å². The molecule has 0 amide bonds. The molecule has 2 aromatic rings. The van der Waals surface area contributed by atoms with Crippen molar-refractivity contribution in [1.82, 2.24) is 24.5 Å². The van der Waals surface area contributed by atoms with E-state index in [-0.39, 0.29) is 0 Å². The van der Waals surface area contributed by atoms with Crippen LogP contribution in [0.3, 0.4) is 0 Å². The second-order valence-electron chi connectivity index (χ2n) is 3.35. The highest BCUT2D eigenvalue weighted by atomic mass is 32.2. The molecule has 0 aliphatic carbocycles. The molecule has 0 unspecified atom stereocenters. The van der Waals surface area contributed by atoms with Crippen LogP contribution >= 0.6 is 11.3 Å². The van der Waals surface area contributed by atoms with Crippen LogP contribution in [0, 0.1) is 6.92 Å². The second kappa shape index (κ2) is 4.07. The van der Waals surface area contributed by atoms with Gasteiger partial charge in [-0.15, -0.1) is 10.2 Å². The number of nitrogens with zero attached hydrogens (tertiary/aromatic N) is 4. The normalized spacial score (nSPS) is 12.4. The zero-order valence-corrected chi connectivity index (χ0v) is 10.5. The van der Waals surface area contributed by atoms with E-state index in [0.29, 0.717) is 13.0 Å². The molecule has 2 rings (SSSR count). The molecule has 0 fully saturated rings. The fourth-order valence-corrected chi connectivity index (χ4v) is 2.55. The van der Waals surface area contributed by atoms with Crippen molar-refractivity contribution in [3.05, 3.63) is 10.8 Å². The average Bonchev–Trinajstić information content (AvgIpc) is 2.67. The van der Waals surface area contributed by atoms with Gasteiger partial charge in [0, 0.05) is 13.0 Å². The van der Waals surface area contributed by atoms with Crippen LogP contribution in [0.2, 0.25) is 0 Å². The van der Waals surface area contributed by atoms with E-state index in [1.807, 2.05) is 6.92 Å². The summed E-state index contributed by atoms with van der Waals surface area (Å²) in [7, 11) is -3.13. The summed E-state index contributed by atoms with van der Waals surface area (Å²) in [5, 5.41) is 12.9.